The van der Waals surface area contributed by atoms with E-state index >= 15 is 0 Å². The van der Waals surface area contributed by atoms with Gasteiger partial charge in [0, 0.05) is 5.69 Å². The molecule has 0 saturated carbocycles. The van der Waals surface area contributed by atoms with Crippen LogP contribution >= 0.6 is 0 Å². The van der Waals surface area contributed by atoms with Crippen LogP contribution in [0.25, 0.3) is 0 Å². The molecule has 2 rings (SSSR count). The Morgan fingerprint density at radius 1 is 1.41 bits per heavy atom. The minimum absolute atomic E-state index is 0.0437. The zero-order valence-corrected chi connectivity index (χ0v) is 9.59. The van der Waals surface area contributed by atoms with Crippen molar-refractivity contribution in [3.63, 3.8) is 0 Å². The van der Waals surface area contributed by atoms with E-state index in [1.807, 2.05) is 0 Å². The molecule has 0 bridgehead atoms. The van der Waals surface area contributed by atoms with E-state index in [1.54, 1.807) is 24.0 Å². The van der Waals surface area contributed by atoms with Crippen LogP contribution in [0.3, 0.4) is 0 Å². The number of ether oxygens (including phenoxy) is 1. The molecular weight excluding hydrogens is 222 g/mol. The van der Waals surface area contributed by atoms with E-state index in [0.29, 0.717) is 12.2 Å². The van der Waals surface area contributed by atoms with Crippen molar-refractivity contribution < 1.29 is 19.7 Å². The van der Waals surface area contributed by atoms with Crippen LogP contribution in [-0.4, -0.2) is 41.5 Å². The van der Waals surface area contributed by atoms with E-state index < -0.39 is 5.60 Å². The molecule has 1 aromatic carbocycles. The Labute approximate surface area is 99.2 Å². The SMILES string of the molecule is CC1(CO)CN(c2ccc(O)cc2)C(=O)CO1. The first-order valence-corrected chi connectivity index (χ1v) is 5.38. The number of carbonyl (C=O) groups is 1. The first-order chi connectivity index (χ1) is 8.04. The van der Waals surface area contributed by atoms with Gasteiger partial charge in [0.25, 0.3) is 5.91 Å². The van der Waals surface area contributed by atoms with Gasteiger partial charge in [-0.05, 0) is 31.2 Å². The predicted octanol–water partition coefficient (Wildman–Crippen LogP) is 0.506. The molecule has 5 nitrogen and oxygen atoms in total. The Balaban J connectivity index is 2.24. The number of aliphatic hydroxyl groups is 1. The molecule has 0 spiro atoms. The van der Waals surface area contributed by atoms with Crippen LogP contribution in [0.15, 0.2) is 24.3 Å². The third-order valence-corrected chi connectivity index (χ3v) is 2.83. The molecule has 1 unspecified atom stereocenters. The lowest BCUT2D eigenvalue weighted by molar-refractivity contribution is -0.141. The normalized spacial score (nSPS) is 25.1. The fourth-order valence-corrected chi connectivity index (χ4v) is 1.75. The first kappa shape index (κ1) is 11.9. The summed E-state index contributed by atoms with van der Waals surface area (Å²) in [5.41, 5.74) is -0.0398. The second kappa shape index (κ2) is 4.35. The first-order valence-electron chi connectivity index (χ1n) is 5.38. The van der Waals surface area contributed by atoms with Crippen LogP contribution < -0.4 is 4.90 Å². The summed E-state index contributed by atoms with van der Waals surface area (Å²) in [5, 5.41) is 18.4. The van der Waals surface area contributed by atoms with Gasteiger partial charge in [0.1, 0.15) is 18.0 Å². The Hall–Kier alpha value is -1.59. The molecule has 0 aliphatic carbocycles. The lowest BCUT2D eigenvalue weighted by Crippen LogP contribution is -2.55. The van der Waals surface area contributed by atoms with Gasteiger partial charge in [-0.1, -0.05) is 0 Å². The number of rotatable bonds is 2. The Kier molecular flexibility index (Phi) is 3.04. The van der Waals surface area contributed by atoms with Crippen molar-refractivity contribution in [1.82, 2.24) is 0 Å². The summed E-state index contributed by atoms with van der Waals surface area (Å²) in [6.07, 6.45) is 0. The molecule has 1 amide bonds. The third-order valence-electron chi connectivity index (χ3n) is 2.83. The van der Waals surface area contributed by atoms with Crippen LogP contribution in [0.4, 0.5) is 5.69 Å². The summed E-state index contributed by atoms with van der Waals surface area (Å²) < 4.78 is 5.31. The molecule has 2 N–H and O–H groups in total. The van der Waals surface area contributed by atoms with Gasteiger partial charge in [0.2, 0.25) is 0 Å². The highest BCUT2D eigenvalue weighted by Crippen LogP contribution is 2.25. The zero-order valence-electron chi connectivity index (χ0n) is 9.59. The van der Waals surface area contributed by atoms with Crippen LogP contribution in [-0.2, 0) is 9.53 Å². The van der Waals surface area contributed by atoms with E-state index in [4.69, 9.17) is 4.74 Å². The second-order valence-corrected chi connectivity index (χ2v) is 4.39. The van der Waals surface area contributed by atoms with E-state index in [2.05, 4.69) is 0 Å². The Morgan fingerprint density at radius 3 is 2.65 bits per heavy atom. The summed E-state index contributed by atoms with van der Waals surface area (Å²) in [4.78, 5) is 13.3. The summed E-state index contributed by atoms with van der Waals surface area (Å²) in [7, 11) is 0. The van der Waals surface area contributed by atoms with Crippen molar-refractivity contribution in [2.75, 3.05) is 24.7 Å². The number of aliphatic hydroxyl groups excluding tert-OH is 1. The number of anilines is 1. The van der Waals surface area contributed by atoms with Crippen LogP contribution in [0.5, 0.6) is 5.75 Å². The summed E-state index contributed by atoms with van der Waals surface area (Å²) in [5.74, 6) is 0.000920. The maximum atomic E-state index is 11.7. The molecule has 1 aromatic rings. The molecule has 0 aromatic heterocycles. The fraction of sp³-hybridized carbons (Fsp3) is 0.417. The number of hydrogen-bond acceptors (Lipinski definition) is 4. The average molecular weight is 237 g/mol. The molecule has 1 aliphatic heterocycles. The number of amides is 1. The predicted molar refractivity (Wildman–Crippen MR) is 61.9 cm³/mol. The van der Waals surface area contributed by atoms with Gasteiger partial charge in [0.15, 0.2) is 0 Å². The van der Waals surface area contributed by atoms with Crippen LogP contribution in [0, 0.1) is 0 Å². The van der Waals surface area contributed by atoms with Gasteiger partial charge in [-0.25, -0.2) is 0 Å². The lowest BCUT2D eigenvalue weighted by atomic mass is 10.0. The number of phenols is 1. The Bertz CT molecular complexity index is 417. The van der Waals surface area contributed by atoms with Gasteiger partial charge in [-0.2, -0.15) is 0 Å². The summed E-state index contributed by atoms with van der Waals surface area (Å²) >= 11 is 0. The highest BCUT2D eigenvalue weighted by molar-refractivity contribution is 5.95. The second-order valence-electron chi connectivity index (χ2n) is 4.39. The number of nitrogens with zero attached hydrogens (tertiary/aromatic N) is 1. The van der Waals surface area contributed by atoms with Crippen molar-refractivity contribution in [3.8, 4) is 5.75 Å². The number of hydrogen-bond donors (Lipinski definition) is 2. The smallest absolute Gasteiger partial charge is 0.253 e. The minimum atomic E-state index is -0.730. The van der Waals surface area contributed by atoms with Crippen molar-refractivity contribution >= 4 is 11.6 Å². The highest BCUT2D eigenvalue weighted by Gasteiger charge is 2.36. The number of phenolic OH excluding ortho intramolecular Hbond substituents is 1. The van der Waals surface area contributed by atoms with E-state index in [0.717, 1.165) is 0 Å². The molecule has 1 aliphatic rings. The minimum Gasteiger partial charge on any atom is -0.508 e. The van der Waals surface area contributed by atoms with Gasteiger partial charge in [-0.3, -0.25) is 4.79 Å². The van der Waals surface area contributed by atoms with E-state index in [-0.39, 0.29) is 24.9 Å². The molecule has 1 atom stereocenters. The number of aromatic hydroxyl groups is 1. The number of morpholine rings is 1. The maximum absolute atomic E-state index is 11.7. The van der Waals surface area contributed by atoms with Gasteiger partial charge in [0.05, 0.1) is 13.2 Å². The van der Waals surface area contributed by atoms with Gasteiger partial charge in [-0.15, -0.1) is 0 Å². The van der Waals surface area contributed by atoms with Gasteiger partial charge >= 0.3 is 0 Å². The summed E-state index contributed by atoms with van der Waals surface area (Å²) in [6, 6.07) is 6.37. The molecule has 1 heterocycles. The highest BCUT2D eigenvalue weighted by atomic mass is 16.5. The molecule has 5 heteroatoms. The van der Waals surface area contributed by atoms with Crippen LogP contribution in [0.2, 0.25) is 0 Å². The average Bonchev–Trinajstić information content (AvgIpc) is 2.34. The lowest BCUT2D eigenvalue weighted by Gasteiger charge is -2.39. The monoisotopic (exact) mass is 237 g/mol. The topological polar surface area (TPSA) is 70.0 Å². The molecule has 17 heavy (non-hydrogen) atoms. The van der Waals surface area contributed by atoms with Crippen molar-refractivity contribution in [2.24, 2.45) is 0 Å². The van der Waals surface area contributed by atoms with Gasteiger partial charge < -0.3 is 19.8 Å². The number of benzene rings is 1. The molecule has 92 valence electrons. The zero-order chi connectivity index (χ0) is 12.5. The van der Waals surface area contributed by atoms with E-state index in [9.17, 15) is 15.0 Å². The standard InChI is InChI=1S/C12H15NO4/c1-12(8-14)7-13(11(16)6-17-12)9-2-4-10(15)5-3-9/h2-5,14-15H,6-8H2,1H3. The number of carbonyl (C=O) groups excluding carboxylic acids is 1. The van der Waals surface area contributed by atoms with Crippen molar-refractivity contribution in [2.45, 2.75) is 12.5 Å². The quantitative estimate of drug-likeness (QED) is 0.786. The molecule has 1 saturated heterocycles. The summed E-state index contributed by atoms with van der Waals surface area (Å²) in [6.45, 7) is 1.87. The van der Waals surface area contributed by atoms with E-state index in [1.165, 1.54) is 12.1 Å². The molecule has 0 radical (unpaired) electrons. The molecule has 1 fully saturated rings. The van der Waals surface area contributed by atoms with Crippen LogP contribution in [0.1, 0.15) is 6.92 Å². The maximum Gasteiger partial charge on any atom is 0.253 e. The third kappa shape index (κ3) is 2.40. The van der Waals surface area contributed by atoms with Crippen molar-refractivity contribution in [1.29, 1.82) is 0 Å². The fourth-order valence-electron chi connectivity index (χ4n) is 1.75. The Morgan fingerprint density at radius 2 is 2.06 bits per heavy atom. The van der Waals surface area contributed by atoms with Crippen molar-refractivity contribution in [3.05, 3.63) is 24.3 Å². The molecular formula is C12H15NO4. The largest absolute Gasteiger partial charge is 0.508 e.